The van der Waals surface area contributed by atoms with Crippen LogP contribution in [0.1, 0.15) is 38.5 Å². The SMILES string of the molecule is O=C(OC/C=C/COC(=O)C1CCC2OC2C1)C1CCC2OC2C1. The quantitative estimate of drug-likeness (QED) is 0.418. The van der Waals surface area contributed by atoms with Crippen molar-refractivity contribution in [1.82, 2.24) is 0 Å². The maximum absolute atomic E-state index is 11.9. The standard InChI is InChI=1S/C18H24O6/c19-17(11-3-5-13-15(9-11)23-13)21-7-1-2-8-22-18(20)12-4-6-14-16(10-12)24-14/h1-2,11-16H,3-10H2/b2-1+. The lowest BCUT2D eigenvalue weighted by atomic mass is 9.89. The number of fused-ring (bicyclic) bond motifs is 2. The van der Waals surface area contributed by atoms with Gasteiger partial charge in [-0.1, -0.05) is 0 Å². The third kappa shape index (κ3) is 3.81. The molecule has 24 heavy (non-hydrogen) atoms. The zero-order valence-electron chi connectivity index (χ0n) is 13.7. The van der Waals surface area contributed by atoms with Crippen LogP contribution in [0.5, 0.6) is 0 Å². The molecule has 2 aliphatic carbocycles. The Morgan fingerprint density at radius 1 is 0.750 bits per heavy atom. The van der Waals surface area contributed by atoms with Gasteiger partial charge in [-0.25, -0.2) is 0 Å². The molecule has 0 aromatic rings. The number of epoxide rings is 2. The Morgan fingerprint density at radius 2 is 1.21 bits per heavy atom. The largest absolute Gasteiger partial charge is 0.461 e. The summed E-state index contributed by atoms with van der Waals surface area (Å²) in [5.41, 5.74) is 0. The van der Waals surface area contributed by atoms with E-state index >= 15 is 0 Å². The topological polar surface area (TPSA) is 77.7 Å². The molecular formula is C18H24O6. The van der Waals surface area contributed by atoms with E-state index in [4.69, 9.17) is 18.9 Å². The zero-order chi connectivity index (χ0) is 16.5. The summed E-state index contributed by atoms with van der Waals surface area (Å²) in [7, 11) is 0. The number of carbonyl (C=O) groups is 2. The van der Waals surface area contributed by atoms with Gasteiger partial charge >= 0.3 is 11.9 Å². The van der Waals surface area contributed by atoms with Crippen molar-refractivity contribution in [3.8, 4) is 0 Å². The molecule has 2 saturated heterocycles. The van der Waals surface area contributed by atoms with Crippen molar-refractivity contribution >= 4 is 11.9 Å². The second-order valence-electron chi connectivity index (χ2n) is 7.18. The number of rotatable bonds is 6. The Hall–Kier alpha value is -1.40. The van der Waals surface area contributed by atoms with Crippen molar-refractivity contribution in [2.24, 2.45) is 11.8 Å². The first-order chi connectivity index (χ1) is 11.7. The Morgan fingerprint density at radius 3 is 1.62 bits per heavy atom. The minimum Gasteiger partial charge on any atom is -0.461 e. The number of hydrogen-bond acceptors (Lipinski definition) is 6. The number of carbonyl (C=O) groups excluding carboxylic acids is 2. The molecule has 0 radical (unpaired) electrons. The van der Waals surface area contributed by atoms with E-state index < -0.39 is 0 Å². The summed E-state index contributed by atoms with van der Waals surface area (Å²) in [6.07, 6.45) is 10.0. The fourth-order valence-corrected chi connectivity index (χ4v) is 3.87. The fourth-order valence-electron chi connectivity index (χ4n) is 3.87. The minimum atomic E-state index is -0.146. The van der Waals surface area contributed by atoms with Crippen LogP contribution in [0.25, 0.3) is 0 Å². The van der Waals surface area contributed by atoms with Gasteiger partial charge in [0.25, 0.3) is 0 Å². The first-order valence-corrected chi connectivity index (χ1v) is 9.00. The van der Waals surface area contributed by atoms with Crippen molar-refractivity contribution in [3.63, 3.8) is 0 Å². The molecule has 2 saturated carbocycles. The average Bonchev–Trinajstić information content (AvgIpc) is 3.49. The Bertz CT molecular complexity index is 484. The van der Waals surface area contributed by atoms with Crippen LogP contribution in [0.2, 0.25) is 0 Å². The molecular weight excluding hydrogens is 312 g/mol. The summed E-state index contributed by atoms with van der Waals surface area (Å²) in [5.74, 6) is -0.349. The van der Waals surface area contributed by atoms with Gasteiger partial charge in [-0.15, -0.1) is 0 Å². The molecule has 6 unspecified atom stereocenters. The molecule has 4 fully saturated rings. The van der Waals surface area contributed by atoms with Gasteiger partial charge in [-0.3, -0.25) is 9.59 Å². The van der Waals surface area contributed by atoms with Gasteiger partial charge in [-0.2, -0.15) is 0 Å². The Kier molecular flexibility index (Phi) is 4.59. The van der Waals surface area contributed by atoms with Crippen molar-refractivity contribution in [2.45, 2.75) is 62.9 Å². The molecule has 0 aromatic heterocycles. The van der Waals surface area contributed by atoms with Crippen LogP contribution in [0, 0.1) is 11.8 Å². The second kappa shape index (κ2) is 6.84. The molecule has 0 spiro atoms. The number of ether oxygens (including phenoxy) is 4. The van der Waals surface area contributed by atoms with Crippen molar-refractivity contribution < 1.29 is 28.5 Å². The van der Waals surface area contributed by atoms with E-state index in [0.29, 0.717) is 12.2 Å². The van der Waals surface area contributed by atoms with E-state index in [1.807, 2.05) is 0 Å². The van der Waals surface area contributed by atoms with E-state index in [2.05, 4.69) is 0 Å². The minimum absolute atomic E-state index is 0.0280. The van der Waals surface area contributed by atoms with E-state index in [0.717, 1.165) is 38.5 Å². The van der Waals surface area contributed by atoms with Crippen LogP contribution in [-0.4, -0.2) is 49.6 Å². The number of esters is 2. The van der Waals surface area contributed by atoms with Gasteiger partial charge in [0, 0.05) is 0 Å². The van der Waals surface area contributed by atoms with Gasteiger partial charge in [0.1, 0.15) is 13.2 Å². The van der Waals surface area contributed by atoms with E-state index in [1.165, 1.54) is 0 Å². The maximum atomic E-state index is 11.9. The smallest absolute Gasteiger partial charge is 0.309 e. The molecule has 0 amide bonds. The first kappa shape index (κ1) is 16.1. The average molecular weight is 336 g/mol. The van der Waals surface area contributed by atoms with Crippen LogP contribution < -0.4 is 0 Å². The van der Waals surface area contributed by atoms with Gasteiger partial charge in [0.15, 0.2) is 0 Å². The Balaban J connectivity index is 1.08. The summed E-state index contributed by atoms with van der Waals surface area (Å²) in [4.78, 5) is 23.9. The van der Waals surface area contributed by atoms with Crippen LogP contribution in [0.4, 0.5) is 0 Å². The van der Waals surface area contributed by atoms with Crippen LogP contribution in [0.15, 0.2) is 12.2 Å². The molecule has 4 rings (SSSR count). The Labute approximate surface area is 141 Å². The predicted molar refractivity (Wildman–Crippen MR) is 83.1 cm³/mol. The summed E-state index contributed by atoms with van der Waals surface area (Å²) in [6, 6.07) is 0. The predicted octanol–water partition coefficient (Wildman–Crippen LogP) is 1.76. The highest BCUT2D eigenvalue weighted by atomic mass is 16.6. The molecule has 6 nitrogen and oxygen atoms in total. The van der Waals surface area contributed by atoms with Gasteiger partial charge < -0.3 is 18.9 Å². The summed E-state index contributed by atoms with van der Waals surface area (Å²) in [6.45, 7) is 0.450. The monoisotopic (exact) mass is 336 g/mol. The van der Waals surface area contributed by atoms with Crippen molar-refractivity contribution in [2.75, 3.05) is 13.2 Å². The molecule has 0 bridgehead atoms. The van der Waals surface area contributed by atoms with Crippen molar-refractivity contribution in [1.29, 1.82) is 0 Å². The summed E-state index contributed by atoms with van der Waals surface area (Å²) < 4.78 is 21.3. The fraction of sp³-hybridized carbons (Fsp3) is 0.778. The summed E-state index contributed by atoms with van der Waals surface area (Å²) >= 11 is 0. The van der Waals surface area contributed by atoms with Gasteiger partial charge in [0.05, 0.1) is 36.3 Å². The van der Waals surface area contributed by atoms with E-state index in [-0.39, 0.29) is 49.2 Å². The highest BCUT2D eigenvalue weighted by Gasteiger charge is 2.46. The van der Waals surface area contributed by atoms with Crippen molar-refractivity contribution in [3.05, 3.63) is 12.2 Å². The van der Waals surface area contributed by atoms with Crippen LogP contribution >= 0.6 is 0 Å². The molecule has 132 valence electrons. The summed E-state index contributed by atoms with van der Waals surface area (Å²) in [5, 5.41) is 0. The zero-order valence-corrected chi connectivity index (χ0v) is 13.7. The molecule has 0 aromatic carbocycles. The molecule has 6 atom stereocenters. The molecule has 2 aliphatic heterocycles. The third-order valence-corrected chi connectivity index (χ3v) is 5.49. The van der Waals surface area contributed by atoms with Gasteiger partial charge in [0.2, 0.25) is 0 Å². The van der Waals surface area contributed by atoms with E-state index in [1.54, 1.807) is 12.2 Å². The highest BCUT2D eigenvalue weighted by molar-refractivity contribution is 5.73. The van der Waals surface area contributed by atoms with Crippen LogP contribution in [0.3, 0.4) is 0 Å². The second-order valence-corrected chi connectivity index (χ2v) is 7.18. The molecule has 4 aliphatic rings. The molecule has 6 heteroatoms. The molecule has 0 N–H and O–H groups in total. The lowest BCUT2D eigenvalue weighted by Crippen LogP contribution is -2.24. The molecule has 2 heterocycles. The van der Waals surface area contributed by atoms with Gasteiger partial charge in [-0.05, 0) is 50.7 Å². The first-order valence-electron chi connectivity index (χ1n) is 9.00. The lowest BCUT2D eigenvalue weighted by molar-refractivity contribution is -0.149. The third-order valence-electron chi connectivity index (χ3n) is 5.49. The normalized spacial score (nSPS) is 39.7. The number of hydrogen-bond donors (Lipinski definition) is 0. The van der Waals surface area contributed by atoms with E-state index in [9.17, 15) is 9.59 Å². The highest BCUT2D eigenvalue weighted by Crippen LogP contribution is 2.40. The maximum Gasteiger partial charge on any atom is 0.309 e. The van der Waals surface area contributed by atoms with Crippen LogP contribution in [-0.2, 0) is 28.5 Å². The lowest BCUT2D eigenvalue weighted by Gasteiger charge is -2.17.